The van der Waals surface area contributed by atoms with Gasteiger partial charge in [0, 0.05) is 18.3 Å². The molecule has 1 aromatic heterocycles. The average Bonchev–Trinajstić information content (AvgIpc) is 2.74. The molecular weight excluding hydrogens is 354 g/mol. The molecule has 0 spiro atoms. The molecule has 0 atom stereocenters. The molecule has 0 radical (unpaired) electrons. The number of carbonyl (C=O) groups is 2. The zero-order chi connectivity index (χ0) is 19.8. The predicted molar refractivity (Wildman–Crippen MR) is 108 cm³/mol. The van der Waals surface area contributed by atoms with Crippen LogP contribution in [0.4, 0.5) is 5.69 Å². The van der Waals surface area contributed by atoms with Crippen LogP contribution in [0, 0.1) is 0 Å². The minimum absolute atomic E-state index is 0.152. The van der Waals surface area contributed by atoms with Gasteiger partial charge in [0.1, 0.15) is 11.4 Å². The lowest BCUT2D eigenvalue weighted by molar-refractivity contribution is 0.0953. The van der Waals surface area contributed by atoms with Gasteiger partial charge in [-0.3, -0.25) is 14.6 Å². The van der Waals surface area contributed by atoms with E-state index in [-0.39, 0.29) is 11.6 Å². The summed E-state index contributed by atoms with van der Waals surface area (Å²) in [5.74, 6) is 0.524. The molecule has 0 bridgehead atoms. The Morgan fingerprint density at radius 3 is 2.50 bits per heavy atom. The molecular formula is C22H21N3O3. The first-order valence-electron chi connectivity index (χ1n) is 9.05. The minimum atomic E-state index is -0.422. The van der Waals surface area contributed by atoms with E-state index in [0.717, 1.165) is 6.42 Å². The van der Waals surface area contributed by atoms with Crippen molar-refractivity contribution in [2.24, 2.45) is 0 Å². The maximum absolute atomic E-state index is 12.6. The number of nitrogens with zero attached hydrogens (tertiary/aromatic N) is 1. The first-order valence-corrected chi connectivity index (χ1v) is 9.05. The quantitative estimate of drug-likeness (QED) is 0.646. The standard InChI is InChI=1S/C22H21N3O3/c1-2-13-24-21(26)16-12-14-23-19(15-16)22(27)25-18-10-6-7-11-20(18)28-17-8-4-3-5-9-17/h3-12,14-15H,2,13H2,1H3,(H,24,26)(H,25,27). The minimum Gasteiger partial charge on any atom is -0.455 e. The molecule has 6 nitrogen and oxygen atoms in total. The molecule has 3 rings (SSSR count). The third-order valence-electron chi connectivity index (χ3n) is 3.90. The number of anilines is 1. The van der Waals surface area contributed by atoms with E-state index < -0.39 is 5.91 Å². The molecule has 0 fully saturated rings. The number of rotatable bonds is 7. The number of hydrogen-bond acceptors (Lipinski definition) is 4. The van der Waals surface area contributed by atoms with Crippen molar-refractivity contribution in [3.63, 3.8) is 0 Å². The number of amides is 2. The molecule has 2 N–H and O–H groups in total. The summed E-state index contributed by atoms with van der Waals surface area (Å²) in [6.45, 7) is 2.55. The summed E-state index contributed by atoms with van der Waals surface area (Å²) in [6.07, 6.45) is 2.28. The number of pyridine rings is 1. The smallest absolute Gasteiger partial charge is 0.274 e. The Balaban J connectivity index is 1.76. The van der Waals surface area contributed by atoms with E-state index in [1.54, 1.807) is 24.3 Å². The Morgan fingerprint density at radius 1 is 0.964 bits per heavy atom. The highest BCUT2D eigenvalue weighted by Gasteiger charge is 2.14. The van der Waals surface area contributed by atoms with Gasteiger partial charge in [0.2, 0.25) is 0 Å². The number of ether oxygens (including phenoxy) is 1. The van der Waals surface area contributed by atoms with Gasteiger partial charge in [-0.2, -0.15) is 0 Å². The van der Waals surface area contributed by atoms with Crippen LogP contribution >= 0.6 is 0 Å². The fourth-order valence-corrected chi connectivity index (χ4v) is 2.50. The highest BCUT2D eigenvalue weighted by molar-refractivity contribution is 6.05. The largest absolute Gasteiger partial charge is 0.455 e. The van der Waals surface area contributed by atoms with Crippen molar-refractivity contribution >= 4 is 17.5 Å². The molecule has 0 unspecified atom stereocenters. The van der Waals surface area contributed by atoms with Crippen molar-refractivity contribution in [1.29, 1.82) is 0 Å². The van der Waals surface area contributed by atoms with Crippen LogP contribution in [0.2, 0.25) is 0 Å². The van der Waals surface area contributed by atoms with Crippen molar-refractivity contribution in [2.45, 2.75) is 13.3 Å². The second-order valence-corrected chi connectivity index (χ2v) is 6.05. The van der Waals surface area contributed by atoms with E-state index in [0.29, 0.717) is 29.3 Å². The highest BCUT2D eigenvalue weighted by Crippen LogP contribution is 2.29. The normalized spacial score (nSPS) is 10.2. The van der Waals surface area contributed by atoms with Crippen molar-refractivity contribution in [1.82, 2.24) is 10.3 Å². The van der Waals surface area contributed by atoms with E-state index in [9.17, 15) is 9.59 Å². The highest BCUT2D eigenvalue weighted by atomic mass is 16.5. The SMILES string of the molecule is CCCNC(=O)c1ccnc(C(=O)Nc2ccccc2Oc2ccccc2)c1. The average molecular weight is 375 g/mol. The van der Waals surface area contributed by atoms with E-state index >= 15 is 0 Å². The van der Waals surface area contributed by atoms with Gasteiger partial charge >= 0.3 is 0 Å². The first-order chi connectivity index (χ1) is 13.7. The van der Waals surface area contributed by atoms with Gasteiger partial charge in [-0.1, -0.05) is 37.3 Å². The molecule has 2 aromatic carbocycles. The predicted octanol–water partition coefficient (Wildman–Crippen LogP) is 4.27. The lowest BCUT2D eigenvalue weighted by atomic mass is 10.2. The molecule has 28 heavy (non-hydrogen) atoms. The summed E-state index contributed by atoms with van der Waals surface area (Å²) < 4.78 is 5.85. The van der Waals surface area contributed by atoms with Gasteiger partial charge in [0.25, 0.3) is 11.8 Å². The Labute approximate surface area is 163 Å². The number of nitrogens with one attached hydrogen (secondary N) is 2. The number of carbonyl (C=O) groups excluding carboxylic acids is 2. The van der Waals surface area contributed by atoms with Crippen LogP contribution in [0.3, 0.4) is 0 Å². The molecule has 0 aliphatic carbocycles. The van der Waals surface area contributed by atoms with Crippen molar-refractivity contribution in [2.75, 3.05) is 11.9 Å². The third-order valence-corrected chi connectivity index (χ3v) is 3.90. The van der Waals surface area contributed by atoms with Crippen LogP contribution in [0.5, 0.6) is 11.5 Å². The fraction of sp³-hybridized carbons (Fsp3) is 0.136. The monoisotopic (exact) mass is 375 g/mol. The summed E-state index contributed by atoms with van der Waals surface area (Å²) >= 11 is 0. The number of aromatic nitrogens is 1. The molecule has 0 aliphatic rings. The van der Waals surface area contributed by atoms with Crippen molar-refractivity contribution < 1.29 is 14.3 Å². The lowest BCUT2D eigenvalue weighted by Crippen LogP contribution is -2.24. The Bertz CT molecular complexity index is 958. The second-order valence-electron chi connectivity index (χ2n) is 6.05. The van der Waals surface area contributed by atoms with Gasteiger partial charge in [0.15, 0.2) is 5.75 Å². The zero-order valence-electron chi connectivity index (χ0n) is 15.5. The van der Waals surface area contributed by atoms with Gasteiger partial charge in [0.05, 0.1) is 5.69 Å². The van der Waals surface area contributed by atoms with Gasteiger partial charge in [-0.15, -0.1) is 0 Å². The van der Waals surface area contributed by atoms with Crippen molar-refractivity contribution in [3.05, 3.63) is 84.2 Å². The first kappa shape index (κ1) is 19.1. The summed E-state index contributed by atoms with van der Waals surface area (Å²) in [7, 11) is 0. The van der Waals surface area contributed by atoms with Crippen LogP contribution in [-0.2, 0) is 0 Å². The number of benzene rings is 2. The number of para-hydroxylation sites is 3. The second kappa shape index (κ2) is 9.32. The van der Waals surface area contributed by atoms with Crippen molar-refractivity contribution in [3.8, 4) is 11.5 Å². The molecule has 0 aliphatic heterocycles. The van der Waals surface area contributed by atoms with E-state index in [1.165, 1.54) is 12.3 Å². The van der Waals surface area contributed by atoms with Crippen LogP contribution in [0.15, 0.2) is 72.9 Å². The number of hydrogen-bond donors (Lipinski definition) is 2. The molecule has 0 saturated heterocycles. The van der Waals surface area contributed by atoms with E-state index in [4.69, 9.17) is 4.74 Å². The van der Waals surface area contributed by atoms with Crippen LogP contribution in [-0.4, -0.2) is 23.3 Å². The maximum atomic E-state index is 12.6. The Kier molecular flexibility index (Phi) is 6.36. The Hall–Kier alpha value is -3.67. The molecule has 2 amide bonds. The molecule has 1 heterocycles. The maximum Gasteiger partial charge on any atom is 0.274 e. The lowest BCUT2D eigenvalue weighted by Gasteiger charge is -2.12. The van der Waals surface area contributed by atoms with E-state index in [2.05, 4.69) is 15.6 Å². The Morgan fingerprint density at radius 2 is 1.71 bits per heavy atom. The molecule has 6 heteroatoms. The zero-order valence-corrected chi connectivity index (χ0v) is 15.5. The van der Waals surface area contributed by atoms with Gasteiger partial charge in [-0.25, -0.2) is 0 Å². The summed E-state index contributed by atoms with van der Waals surface area (Å²) in [4.78, 5) is 28.8. The summed E-state index contributed by atoms with van der Waals surface area (Å²) in [5, 5.41) is 5.58. The molecule has 0 saturated carbocycles. The van der Waals surface area contributed by atoms with Crippen LogP contribution in [0.25, 0.3) is 0 Å². The summed E-state index contributed by atoms with van der Waals surface area (Å²) in [5.41, 5.74) is 1.06. The third kappa shape index (κ3) is 4.94. The van der Waals surface area contributed by atoms with Gasteiger partial charge in [-0.05, 0) is 42.8 Å². The van der Waals surface area contributed by atoms with E-state index in [1.807, 2.05) is 43.3 Å². The van der Waals surface area contributed by atoms with Crippen LogP contribution < -0.4 is 15.4 Å². The van der Waals surface area contributed by atoms with Gasteiger partial charge < -0.3 is 15.4 Å². The molecule has 3 aromatic rings. The topological polar surface area (TPSA) is 80.3 Å². The summed E-state index contributed by atoms with van der Waals surface area (Å²) in [6, 6.07) is 19.5. The molecule has 142 valence electrons. The fourth-order valence-electron chi connectivity index (χ4n) is 2.50. The van der Waals surface area contributed by atoms with Crippen LogP contribution in [0.1, 0.15) is 34.2 Å².